The van der Waals surface area contributed by atoms with E-state index in [2.05, 4.69) is 179 Å². The number of hydrogen-bond donors (Lipinski definition) is 0. The summed E-state index contributed by atoms with van der Waals surface area (Å²) < 4.78 is 2.88. The Balaban J connectivity index is 1.50. The summed E-state index contributed by atoms with van der Waals surface area (Å²) in [4.78, 5) is 0. The van der Waals surface area contributed by atoms with Crippen molar-refractivity contribution in [3.05, 3.63) is 30.3 Å². The quantitative estimate of drug-likeness (QED) is 0.125. The molecule has 0 aliphatic rings. The van der Waals surface area contributed by atoms with E-state index in [4.69, 9.17) is 0 Å². The van der Waals surface area contributed by atoms with E-state index >= 15 is 0 Å². The maximum atomic E-state index is 2.50. The highest BCUT2D eigenvalue weighted by Crippen LogP contribution is 2.40. The fourth-order valence-electron chi connectivity index (χ4n) is 10.7. The fourth-order valence-corrected chi connectivity index (χ4v) is 12.1. The largest absolute Gasteiger partial charge is 0.140 e. The van der Waals surface area contributed by atoms with Gasteiger partial charge in [0.25, 0.3) is 0 Å². The molecule has 0 atom stereocenters. The molecule has 0 saturated heterocycles. The molecule has 0 nitrogen and oxygen atoms in total. The van der Waals surface area contributed by atoms with Crippen LogP contribution in [0.1, 0.15) is 0 Å². The van der Waals surface area contributed by atoms with Crippen LogP contribution in [-0.2, 0) is 0 Å². The molecule has 58 heavy (non-hydrogen) atoms. The lowest BCUT2D eigenvalue weighted by Crippen LogP contribution is -2.55. The third-order valence-corrected chi connectivity index (χ3v) is 17.5. The highest BCUT2D eigenvalue weighted by atomic mass is 32.1. The Kier molecular flexibility index (Phi) is 10.2. The van der Waals surface area contributed by atoms with E-state index in [9.17, 15) is 0 Å². The summed E-state index contributed by atoms with van der Waals surface area (Å²) in [5, 5.41) is 8.50. The molecular formula is C38H43B19S. The minimum absolute atomic E-state index is 1.28. The normalized spacial score (nSPS) is 11.7. The molecule has 0 aliphatic carbocycles. The zero-order chi connectivity index (χ0) is 42.3. The van der Waals surface area contributed by atoms with Crippen LogP contribution < -0.4 is 104 Å². The van der Waals surface area contributed by atoms with Crippen molar-refractivity contribution in [2.75, 3.05) is 0 Å². The average molecular weight is 737 g/mol. The molecule has 1 aromatic heterocycles. The Morgan fingerprint density at radius 1 is 0.259 bits per heavy atom. The predicted octanol–water partition coefficient (Wildman–Crippen LogP) is -21.7. The molecule has 1 heterocycles. The van der Waals surface area contributed by atoms with Crippen molar-refractivity contribution in [1.82, 2.24) is 0 Å². The Morgan fingerprint density at radius 3 is 1.03 bits per heavy atom. The van der Waals surface area contributed by atoms with Crippen molar-refractivity contribution in [3.8, 4) is 33.4 Å². The first-order chi connectivity index (χ1) is 27.2. The van der Waals surface area contributed by atoms with Gasteiger partial charge in [0, 0.05) is 9.40 Å². The molecule has 0 saturated carbocycles. The van der Waals surface area contributed by atoms with Gasteiger partial charge in [0.2, 0.25) is 0 Å². The maximum Gasteiger partial charge on any atom is 0.140 e. The number of fused-ring (bicyclic) bond motifs is 5. The fraction of sp³-hybridized carbons (Fsp3) is 0. The summed E-state index contributed by atoms with van der Waals surface area (Å²) >= 11 is 1.98. The van der Waals surface area contributed by atoms with Crippen LogP contribution in [-0.4, -0.2) is 149 Å². The lowest BCUT2D eigenvalue weighted by atomic mass is 9.56. The van der Waals surface area contributed by atoms with Crippen molar-refractivity contribution in [3.63, 3.8) is 0 Å². The molecule has 8 aromatic rings. The maximum absolute atomic E-state index is 2.50. The summed E-state index contributed by atoms with van der Waals surface area (Å²) in [6, 6.07) is 12.2. The number of benzene rings is 7. The van der Waals surface area contributed by atoms with Crippen molar-refractivity contribution < 1.29 is 0 Å². The SMILES string of the molecule is Bc1c(B)c(B)c(-c2c3c(B)c(B)c(B)c(B)c3c(-c3ccc(-c4cc5c(sc6c(B)c(B)c(B)c(B)c65)c(B)c4B)cc3)c3c(B)c(B)c(B)c(B)c23)c(B)c1B. The van der Waals surface area contributed by atoms with E-state index < -0.39 is 0 Å². The Bertz CT molecular complexity index is 3100. The summed E-state index contributed by atoms with van der Waals surface area (Å²) in [6.07, 6.45) is 0. The second-order valence-corrected chi connectivity index (χ2v) is 19.2. The highest BCUT2D eigenvalue weighted by Gasteiger charge is 2.27. The van der Waals surface area contributed by atoms with Crippen molar-refractivity contribution in [1.29, 1.82) is 0 Å². The van der Waals surface area contributed by atoms with Crippen LogP contribution >= 0.6 is 11.3 Å². The molecular weight excluding hydrogens is 694 g/mol. The zero-order valence-electron chi connectivity index (χ0n) is 38.8. The first kappa shape index (κ1) is 41.3. The van der Waals surface area contributed by atoms with Gasteiger partial charge in [-0.05, 0) is 71.8 Å². The zero-order valence-corrected chi connectivity index (χ0v) is 39.6. The van der Waals surface area contributed by atoms with Gasteiger partial charge in [0.05, 0.1) is 0 Å². The van der Waals surface area contributed by atoms with Gasteiger partial charge in [-0.15, -0.1) is 60.5 Å². The predicted molar refractivity (Wildman–Crippen MR) is 326 cm³/mol. The second kappa shape index (κ2) is 14.3. The lowest BCUT2D eigenvalue weighted by Gasteiger charge is -2.30. The molecule has 0 unspecified atom stereocenters. The van der Waals surface area contributed by atoms with Gasteiger partial charge in [-0.25, -0.2) is 0 Å². The Labute approximate surface area is 367 Å². The van der Waals surface area contributed by atoms with E-state index in [-0.39, 0.29) is 0 Å². The van der Waals surface area contributed by atoms with Crippen molar-refractivity contribution in [2.45, 2.75) is 0 Å². The van der Waals surface area contributed by atoms with Crippen LogP contribution in [0.3, 0.4) is 0 Å². The minimum Gasteiger partial charge on any atom is -0.136 e. The van der Waals surface area contributed by atoms with Crippen LogP contribution in [0.5, 0.6) is 0 Å². The van der Waals surface area contributed by atoms with Gasteiger partial charge >= 0.3 is 0 Å². The number of hydrogen-bond acceptors (Lipinski definition) is 1. The third kappa shape index (κ3) is 5.55. The molecule has 0 amide bonds. The monoisotopic (exact) mass is 740 g/mol. The standard InChI is InChI=1S/C38H43B19S/c39-18-8(5-9-11-19(40)26(47)34(55)36(57)38(11)58-37(9)35(18)56)6-1-3-7(4-2-6)10-13-15(22(43)29(50)27(48)20(13)41)12(16-14(10)21(42)28(49)30(51)23(16)44)17-24(45)31(52)33(54)32(53)25(17)46/h1-5H,39-57H2. The van der Waals surface area contributed by atoms with Crippen LogP contribution in [0.4, 0.5) is 0 Å². The topological polar surface area (TPSA) is 0 Å². The van der Waals surface area contributed by atoms with Crippen LogP contribution in [0.25, 0.3) is 75.1 Å². The lowest BCUT2D eigenvalue weighted by molar-refractivity contribution is 1.67. The molecule has 7 aromatic carbocycles. The number of rotatable bonds is 3. The molecule has 0 radical (unpaired) electrons. The van der Waals surface area contributed by atoms with Crippen LogP contribution in [0.2, 0.25) is 0 Å². The van der Waals surface area contributed by atoms with Gasteiger partial charge in [0.1, 0.15) is 149 Å². The van der Waals surface area contributed by atoms with Crippen molar-refractivity contribution in [2.24, 2.45) is 0 Å². The first-order valence-corrected chi connectivity index (χ1v) is 22.1. The van der Waals surface area contributed by atoms with Gasteiger partial charge in [-0.2, -0.15) is 0 Å². The minimum atomic E-state index is 1.28. The third-order valence-electron chi connectivity index (χ3n) is 16.1. The molecule has 0 bridgehead atoms. The van der Waals surface area contributed by atoms with Crippen molar-refractivity contribution >= 4 is 306 Å². The van der Waals surface area contributed by atoms with E-state index in [0.29, 0.717) is 0 Å². The molecule has 8 rings (SSSR count). The van der Waals surface area contributed by atoms with Gasteiger partial charge in [0.15, 0.2) is 0 Å². The van der Waals surface area contributed by atoms with Gasteiger partial charge < -0.3 is 0 Å². The van der Waals surface area contributed by atoms with Gasteiger partial charge in [-0.1, -0.05) is 78.9 Å². The Morgan fingerprint density at radius 2 is 0.586 bits per heavy atom. The van der Waals surface area contributed by atoms with Crippen LogP contribution in [0.15, 0.2) is 30.3 Å². The van der Waals surface area contributed by atoms with E-state index in [0.717, 1.165) is 0 Å². The molecule has 258 valence electrons. The second-order valence-electron chi connectivity index (χ2n) is 18.2. The highest BCUT2D eigenvalue weighted by molar-refractivity contribution is 7.28. The number of thiophene rings is 1. The van der Waals surface area contributed by atoms with E-state index in [1.54, 1.807) is 0 Å². The Hall–Kier alpha value is -3.49. The van der Waals surface area contributed by atoms with Gasteiger partial charge in [-0.3, -0.25) is 0 Å². The molecule has 20 heteroatoms. The summed E-state index contributed by atoms with van der Waals surface area (Å²) in [5.41, 5.74) is 34.8. The molecule has 0 spiro atoms. The molecule has 0 aliphatic heterocycles. The van der Waals surface area contributed by atoms with E-state index in [1.165, 1.54) is 179 Å². The van der Waals surface area contributed by atoms with E-state index in [1.807, 2.05) is 11.3 Å². The van der Waals surface area contributed by atoms with Crippen LogP contribution in [0, 0.1) is 0 Å². The first-order valence-electron chi connectivity index (χ1n) is 21.3. The molecule has 0 N–H and O–H groups in total. The summed E-state index contributed by atoms with van der Waals surface area (Å²) in [6.45, 7) is 0. The summed E-state index contributed by atoms with van der Waals surface area (Å²) in [5.74, 6) is 0. The summed E-state index contributed by atoms with van der Waals surface area (Å²) in [7, 11) is 44.4. The smallest absolute Gasteiger partial charge is 0.136 e. The average Bonchev–Trinajstić information content (AvgIpc) is 3.61. The molecule has 0 fully saturated rings.